The third-order valence-corrected chi connectivity index (χ3v) is 4.84. The van der Waals surface area contributed by atoms with Crippen molar-refractivity contribution >= 4 is 23.2 Å². The number of carbonyl (C=O) groups excluding carboxylic acids is 1. The molecule has 1 atom stereocenters. The Morgan fingerprint density at radius 2 is 2.19 bits per heavy atom. The molecule has 0 bridgehead atoms. The number of halogens is 1. The number of carbonyl (C=O) groups is 1. The first-order valence-corrected chi connectivity index (χ1v) is 8.86. The van der Waals surface area contributed by atoms with E-state index in [1.54, 1.807) is 32.5 Å². The Morgan fingerprint density at radius 1 is 1.35 bits per heavy atom. The van der Waals surface area contributed by atoms with Crippen LogP contribution in [-0.4, -0.2) is 43.1 Å². The average Bonchev–Trinajstić information content (AvgIpc) is 3.10. The van der Waals surface area contributed by atoms with Crippen LogP contribution in [0.15, 0.2) is 36.5 Å². The molecule has 2 heterocycles. The number of anilines is 1. The summed E-state index contributed by atoms with van der Waals surface area (Å²) in [6, 6.07) is 9.41. The van der Waals surface area contributed by atoms with Gasteiger partial charge in [-0.3, -0.25) is 9.69 Å². The van der Waals surface area contributed by atoms with Crippen LogP contribution >= 0.6 is 11.6 Å². The predicted octanol–water partition coefficient (Wildman–Crippen LogP) is 3.53. The predicted molar refractivity (Wildman–Crippen MR) is 101 cm³/mol. The Hall–Kier alpha value is -2.31. The molecule has 1 amide bonds. The minimum Gasteiger partial charge on any atom is -0.497 e. The van der Waals surface area contributed by atoms with Gasteiger partial charge in [0.15, 0.2) is 5.15 Å². The summed E-state index contributed by atoms with van der Waals surface area (Å²) in [6.45, 7) is 1.14. The molecule has 0 spiro atoms. The normalized spacial score (nSPS) is 17.1. The molecule has 6 nitrogen and oxygen atoms in total. The van der Waals surface area contributed by atoms with Crippen LogP contribution in [0.25, 0.3) is 0 Å². The number of rotatable bonds is 6. The van der Waals surface area contributed by atoms with Gasteiger partial charge in [0.2, 0.25) is 5.91 Å². The maximum absolute atomic E-state index is 12.5. The highest BCUT2D eigenvalue weighted by molar-refractivity contribution is 6.32. The van der Waals surface area contributed by atoms with E-state index < -0.39 is 0 Å². The lowest BCUT2D eigenvalue weighted by Gasteiger charge is -2.26. The SMILES string of the molecule is COc1ccc([C@@H]2CCCN2CC(=O)Nc2cccnc2Cl)c(OC)c1. The highest BCUT2D eigenvalue weighted by Gasteiger charge is 2.30. The number of ether oxygens (including phenoxy) is 2. The summed E-state index contributed by atoms with van der Waals surface area (Å²) in [5, 5.41) is 3.12. The number of methoxy groups -OCH3 is 2. The molecule has 138 valence electrons. The van der Waals surface area contributed by atoms with Crippen LogP contribution in [0.2, 0.25) is 5.15 Å². The summed E-state index contributed by atoms with van der Waals surface area (Å²) in [5.74, 6) is 1.41. The van der Waals surface area contributed by atoms with Gasteiger partial charge in [-0.25, -0.2) is 4.98 Å². The molecule has 0 saturated carbocycles. The molecular formula is C19H22ClN3O3. The van der Waals surface area contributed by atoms with E-state index >= 15 is 0 Å². The highest BCUT2D eigenvalue weighted by atomic mass is 35.5. The van der Waals surface area contributed by atoms with Gasteiger partial charge in [-0.05, 0) is 37.6 Å². The standard InChI is InChI=1S/C19H22ClN3O3/c1-25-13-7-8-14(17(11-13)26-2)16-6-4-10-23(16)12-18(24)22-15-5-3-9-21-19(15)20/h3,5,7-9,11,16H,4,6,10,12H2,1-2H3,(H,22,24)/t16-/m0/s1. The van der Waals surface area contributed by atoms with Gasteiger partial charge in [-0.15, -0.1) is 0 Å². The highest BCUT2D eigenvalue weighted by Crippen LogP contribution is 2.38. The minimum atomic E-state index is -0.112. The van der Waals surface area contributed by atoms with Crippen molar-refractivity contribution < 1.29 is 14.3 Å². The quantitative estimate of drug-likeness (QED) is 0.782. The third kappa shape index (κ3) is 4.08. The van der Waals surface area contributed by atoms with Crippen molar-refractivity contribution in [2.45, 2.75) is 18.9 Å². The van der Waals surface area contributed by atoms with E-state index in [2.05, 4.69) is 15.2 Å². The zero-order chi connectivity index (χ0) is 18.5. The van der Waals surface area contributed by atoms with Crippen LogP contribution in [0.3, 0.4) is 0 Å². The van der Waals surface area contributed by atoms with Gasteiger partial charge in [0.05, 0.1) is 26.5 Å². The molecule has 1 aromatic heterocycles. The fraction of sp³-hybridized carbons (Fsp3) is 0.368. The lowest BCUT2D eigenvalue weighted by molar-refractivity contribution is -0.117. The maximum Gasteiger partial charge on any atom is 0.238 e. The number of hydrogen-bond donors (Lipinski definition) is 1. The first-order valence-electron chi connectivity index (χ1n) is 8.48. The summed E-state index contributed by atoms with van der Waals surface area (Å²) >= 11 is 6.01. The summed E-state index contributed by atoms with van der Waals surface area (Å²) in [6.07, 6.45) is 3.59. The molecule has 0 radical (unpaired) electrons. The number of nitrogens with zero attached hydrogens (tertiary/aromatic N) is 2. The van der Waals surface area contributed by atoms with Gasteiger partial charge in [0, 0.05) is 23.9 Å². The van der Waals surface area contributed by atoms with Gasteiger partial charge >= 0.3 is 0 Å². The zero-order valence-electron chi connectivity index (χ0n) is 14.9. The molecule has 1 aliphatic heterocycles. The Morgan fingerprint density at radius 3 is 2.92 bits per heavy atom. The Labute approximate surface area is 158 Å². The van der Waals surface area contributed by atoms with Gasteiger partial charge in [0.1, 0.15) is 11.5 Å². The van der Waals surface area contributed by atoms with Crippen molar-refractivity contribution in [2.24, 2.45) is 0 Å². The van der Waals surface area contributed by atoms with E-state index in [0.29, 0.717) is 5.69 Å². The minimum absolute atomic E-state index is 0.112. The molecule has 26 heavy (non-hydrogen) atoms. The Kier molecular flexibility index (Phi) is 5.96. The second-order valence-corrected chi connectivity index (χ2v) is 6.48. The van der Waals surface area contributed by atoms with Crippen LogP contribution in [0, 0.1) is 0 Å². The lowest BCUT2D eigenvalue weighted by Crippen LogP contribution is -2.33. The van der Waals surface area contributed by atoms with Gasteiger partial charge in [-0.1, -0.05) is 17.7 Å². The first-order chi connectivity index (χ1) is 12.6. The lowest BCUT2D eigenvalue weighted by atomic mass is 10.0. The fourth-order valence-corrected chi connectivity index (χ4v) is 3.48. The van der Waals surface area contributed by atoms with Crippen LogP contribution in [0.1, 0.15) is 24.4 Å². The third-order valence-electron chi connectivity index (χ3n) is 4.54. The van der Waals surface area contributed by atoms with Crippen LogP contribution in [0.4, 0.5) is 5.69 Å². The monoisotopic (exact) mass is 375 g/mol. The van der Waals surface area contributed by atoms with Crippen molar-refractivity contribution in [1.29, 1.82) is 0 Å². The van der Waals surface area contributed by atoms with Crippen molar-refractivity contribution in [3.8, 4) is 11.5 Å². The topological polar surface area (TPSA) is 63.7 Å². The van der Waals surface area contributed by atoms with Crippen LogP contribution in [-0.2, 0) is 4.79 Å². The van der Waals surface area contributed by atoms with Gasteiger partial charge in [-0.2, -0.15) is 0 Å². The molecule has 7 heteroatoms. The van der Waals surface area contributed by atoms with E-state index in [0.717, 1.165) is 36.4 Å². The molecule has 1 aliphatic rings. The van der Waals surface area contributed by atoms with E-state index in [4.69, 9.17) is 21.1 Å². The number of aromatic nitrogens is 1. The number of nitrogens with one attached hydrogen (secondary N) is 1. The molecule has 2 aromatic rings. The maximum atomic E-state index is 12.5. The van der Waals surface area contributed by atoms with Crippen LogP contribution in [0.5, 0.6) is 11.5 Å². The van der Waals surface area contributed by atoms with E-state index in [-0.39, 0.29) is 23.6 Å². The van der Waals surface area contributed by atoms with E-state index in [9.17, 15) is 4.79 Å². The smallest absolute Gasteiger partial charge is 0.238 e. The van der Waals surface area contributed by atoms with E-state index in [1.165, 1.54) is 0 Å². The average molecular weight is 376 g/mol. The molecule has 1 N–H and O–H groups in total. The zero-order valence-corrected chi connectivity index (χ0v) is 15.6. The van der Waals surface area contributed by atoms with Crippen molar-refractivity contribution in [3.05, 3.63) is 47.2 Å². The molecule has 1 fully saturated rings. The van der Waals surface area contributed by atoms with Gasteiger partial charge < -0.3 is 14.8 Å². The molecule has 1 aromatic carbocycles. The molecule has 3 rings (SSSR count). The second kappa shape index (κ2) is 8.38. The van der Waals surface area contributed by atoms with Crippen LogP contribution < -0.4 is 14.8 Å². The number of benzene rings is 1. The summed E-state index contributed by atoms with van der Waals surface area (Å²) in [7, 11) is 3.28. The van der Waals surface area contributed by atoms with Crippen molar-refractivity contribution in [3.63, 3.8) is 0 Å². The number of amides is 1. The summed E-state index contributed by atoms with van der Waals surface area (Å²) < 4.78 is 10.8. The van der Waals surface area contributed by atoms with E-state index in [1.807, 2.05) is 18.2 Å². The number of hydrogen-bond acceptors (Lipinski definition) is 5. The summed E-state index contributed by atoms with van der Waals surface area (Å²) in [4.78, 5) is 18.6. The van der Waals surface area contributed by atoms with Crippen molar-refractivity contribution in [1.82, 2.24) is 9.88 Å². The molecular weight excluding hydrogens is 354 g/mol. The number of pyridine rings is 1. The summed E-state index contributed by atoms with van der Waals surface area (Å²) in [5.41, 5.74) is 1.59. The largest absolute Gasteiger partial charge is 0.497 e. The molecule has 0 aliphatic carbocycles. The van der Waals surface area contributed by atoms with Crippen molar-refractivity contribution in [2.75, 3.05) is 32.6 Å². The Balaban J connectivity index is 1.72. The first kappa shape index (κ1) is 18.5. The fourth-order valence-electron chi connectivity index (χ4n) is 3.31. The molecule has 0 unspecified atom stereocenters. The Bertz CT molecular complexity index is 784. The number of likely N-dealkylation sites (tertiary alicyclic amines) is 1. The van der Waals surface area contributed by atoms with Gasteiger partial charge in [0.25, 0.3) is 0 Å². The second-order valence-electron chi connectivity index (χ2n) is 6.13. The molecule has 1 saturated heterocycles.